The van der Waals surface area contributed by atoms with Crippen molar-refractivity contribution in [2.75, 3.05) is 71.5 Å². The van der Waals surface area contributed by atoms with Crippen molar-refractivity contribution in [1.29, 1.82) is 0 Å². The van der Waals surface area contributed by atoms with Gasteiger partial charge in [-0.3, -0.25) is 4.21 Å². The first kappa shape index (κ1) is 32.4. The SMILES string of the molecule is COC(=O)N[C@H]1CCC[C@@H]1[C@](CN1CCC1)(c1cccc(F)c1)C1CCN(CC2(OC)CN(c3ccc(S(=O)[O-])cc3)C2)CC1. The Labute approximate surface area is 268 Å². The highest BCUT2D eigenvalue weighted by molar-refractivity contribution is 7.79. The summed E-state index contributed by atoms with van der Waals surface area (Å²) in [4.78, 5) is 20.0. The van der Waals surface area contributed by atoms with Gasteiger partial charge in [0, 0.05) is 42.2 Å². The van der Waals surface area contributed by atoms with Gasteiger partial charge in [0.1, 0.15) is 11.4 Å². The molecule has 4 atom stereocenters. The summed E-state index contributed by atoms with van der Waals surface area (Å²) in [5, 5.41) is 3.17. The minimum absolute atomic E-state index is 0.0135. The van der Waals surface area contributed by atoms with E-state index in [0.717, 1.165) is 95.7 Å². The molecule has 1 aliphatic carbocycles. The van der Waals surface area contributed by atoms with Crippen molar-refractivity contribution in [2.24, 2.45) is 11.8 Å². The smallest absolute Gasteiger partial charge is 0.407 e. The molecule has 0 bridgehead atoms. The van der Waals surface area contributed by atoms with Crippen molar-refractivity contribution in [3.8, 4) is 0 Å². The number of nitrogens with one attached hydrogen (secondary N) is 1. The minimum atomic E-state index is -2.23. The normalized spacial score (nSPS) is 26.0. The Hall–Kier alpha value is -2.57. The third-order valence-corrected chi connectivity index (χ3v) is 11.7. The number of piperidine rings is 1. The zero-order valence-corrected chi connectivity index (χ0v) is 27.2. The molecule has 11 heteroatoms. The molecule has 45 heavy (non-hydrogen) atoms. The molecular formula is C34H46FN4O5S-. The first-order valence-electron chi connectivity index (χ1n) is 16.3. The first-order valence-corrected chi connectivity index (χ1v) is 17.4. The minimum Gasteiger partial charge on any atom is -0.768 e. The van der Waals surface area contributed by atoms with E-state index in [0.29, 0.717) is 5.92 Å². The van der Waals surface area contributed by atoms with Crippen LogP contribution in [0.1, 0.15) is 44.1 Å². The Kier molecular flexibility index (Phi) is 9.82. The molecule has 4 fully saturated rings. The number of halogens is 1. The van der Waals surface area contributed by atoms with Crippen LogP contribution in [0.3, 0.4) is 0 Å². The quantitative estimate of drug-likeness (QED) is 0.366. The van der Waals surface area contributed by atoms with Crippen LogP contribution in [-0.2, 0) is 26.0 Å². The number of carbonyl (C=O) groups excluding carboxylic acids is 1. The second-order valence-corrected chi connectivity index (χ2v) is 14.4. The van der Waals surface area contributed by atoms with Gasteiger partial charge in [-0.05, 0) is 123 Å². The molecule has 246 valence electrons. The van der Waals surface area contributed by atoms with Crippen molar-refractivity contribution >= 4 is 22.9 Å². The fraction of sp³-hybridized carbons (Fsp3) is 0.618. The number of amides is 1. The van der Waals surface area contributed by atoms with E-state index in [1.165, 1.54) is 19.6 Å². The third-order valence-electron chi connectivity index (χ3n) is 11.1. The van der Waals surface area contributed by atoms with E-state index in [9.17, 15) is 17.9 Å². The molecule has 2 aromatic rings. The van der Waals surface area contributed by atoms with Crippen molar-refractivity contribution in [1.82, 2.24) is 15.1 Å². The first-order chi connectivity index (χ1) is 21.7. The second-order valence-electron chi connectivity index (χ2n) is 13.5. The van der Waals surface area contributed by atoms with Crippen molar-refractivity contribution < 1.29 is 27.4 Å². The summed E-state index contributed by atoms with van der Waals surface area (Å²) in [7, 11) is 3.20. The maximum atomic E-state index is 14.9. The molecule has 9 nitrogen and oxygen atoms in total. The van der Waals surface area contributed by atoms with Crippen LogP contribution in [0, 0.1) is 17.7 Å². The highest BCUT2D eigenvalue weighted by Crippen LogP contribution is 2.51. The van der Waals surface area contributed by atoms with Gasteiger partial charge in [-0.2, -0.15) is 0 Å². The summed E-state index contributed by atoms with van der Waals surface area (Å²) in [6, 6.07) is 14.2. The lowest BCUT2D eigenvalue weighted by molar-refractivity contribution is -0.0657. The Morgan fingerprint density at radius 1 is 1.02 bits per heavy atom. The van der Waals surface area contributed by atoms with Crippen molar-refractivity contribution in [3.63, 3.8) is 0 Å². The zero-order valence-electron chi connectivity index (χ0n) is 26.4. The number of nitrogens with zero attached hydrogens (tertiary/aromatic N) is 3. The van der Waals surface area contributed by atoms with Gasteiger partial charge in [-0.15, -0.1) is 0 Å². The van der Waals surface area contributed by atoms with Gasteiger partial charge < -0.3 is 34.0 Å². The predicted molar refractivity (Wildman–Crippen MR) is 171 cm³/mol. The van der Waals surface area contributed by atoms with Crippen LogP contribution in [0.15, 0.2) is 53.4 Å². The molecule has 1 unspecified atom stereocenters. The Morgan fingerprint density at radius 2 is 1.76 bits per heavy atom. The maximum absolute atomic E-state index is 14.9. The Bertz CT molecular complexity index is 1350. The van der Waals surface area contributed by atoms with Gasteiger partial charge in [0.25, 0.3) is 0 Å². The second kappa shape index (κ2) is 13.7. The van der Waals surface area contributed by atoms with Gasteiger partial charge in [0.2, 0.25) is 0 Å². The van der Waals surface area contributed by atoms with E-state index in [1.54, 1.807) is 25.3 Å². The number of carbonyl (C=O) groups is 1. The van der Waals surface area contributed by atoms with Crippen LogP contribution in [0.5, 0.6) is 0 Å². The highest BCUT2D eigenvalue weighted by Gasteiger charge is 2.53. The maximum Gasteiger partial charge on any atom is 0.407 e. The number of rotatable bonds is 11. The summed E-state index contributed by atoms with van der Waals surface area (Å²) in [5.41, 5.74) is 1.48. The van der Waals surface area contributed by atoms with Crippen molar-refractivity contribution in [3.05, 3.63) is 59.9 Å². The lowest BCUT2D eigenvalue weighted by atomic mass is 9.57. The zero-order chi connectivity index (χ0) is 31.6. The van der Waals surface area contributed by atoms with Gasteiger partial charge in [0.05, 0.1) is 20.2 Å². The summed E-state index contributed by atoms with van der Waals surface area (Å²) in [6.07, 6.45) is 5.69. The van der Waals surface area contributed by atoms with E-state index in [1.807, 2.05) is 18.2 Å². The Morgan fingerprint density at radius 3 is 2.36 bits per heavy atom. The fourth-order valence-corrected chi connectivity index (χ4v) is 9.00. The number of anilines is 1. The molecule has 0 spiro atoms. The highest BCUT2D eigenvalue weighted by atomic mass is 32.2. The molecule has 0 radical (unpaired) electrons. The molecule has 1 saturated carbocycles. The third kappa shape index (κ3) is 6.65. The Balaban J connectivity index is 1.19. The predicted octanol–water partition coefficient (Wildman–Crippen LogP) is 4.15. The molecule has 6 rings (SSSR count). The van der Waals surface area contributed by atoms with Crippen LogP contribution in [0.25, 0.3) is 0 Å². The van der Waals surface area contributed by atoms with Crippen LogP contribution < -0.4 is 10.2 Å². The van der Waals surface area contributed by atoms with E-state index in [-0.39, 0.29) is 33.7 Å². The number of methoxy groups -OCH3 is 2. The topological polar surface area (TPSA) is 97.4 Å². The molecule has 1 N–H and O–H groups in total. The number of hydrogen-bond donors (Lipinski definition) is 1. The number of hydrogen-bond acceptors (Lipinski definition) is 8. The number of ether oxygens (including phenoxy) is 2. The largest absolute Gasteiger partial charge is 0.768 e. The van der Waals surface area contributed by atoms with E-state index < -0.39 is 17.2 Å². The molecule has 3 aliphatic heterocycles. The summed E-state index contributed by atoms with van der Waals surface area (Å²) in [5.74, 6) is 0.315. The summed E-state index contributed by atoms with van der Waals surface area (Å²) < 4.78 is 48.6. The molecule has 0 aromatic heterocycles. The van der Waals surface area contributed by atoms with Gasteiger partial charge >= 0.3 is 6.09 Å². The average Bonchev–Trinajstić information content (AvgIpc) is 3.47. The van der Waals surface area contributed by atoms with Gasteiger partial charge in [-0.25, -0.2) is 9.18 Å². The lowest BCUT2D eigenvalue weighted by Crippen LogP contribution is -2.68. The average molecular weight is 642 g/mol. The van der Waals surface area contributed by atoms with Crippen molar-refractivity contribution in [2.45, 2.75) is 60.5 Å². The van der Waals surface area contributed by atoms with Crippen LogP contribution >= 0.6 is 0 Å². The molecular weight excluding hydrogens is 595 g/mol. The molecule has 2 aromatic carbocycles. The lowest BCUT2D eigenvalue weighted by Gasteiger charge is -2.55. The summed E-state index contributed by atoms with van der Waals surface area (Å²) in [6.45, 7) is 7.16. The molecule has 3 heterocycles. The van der Waals surface area contributed by atoms with Gasteiger partial charge in [0.15, 0.2) is 0 Å². The molecule has 1 amide bonds. The fourth-order valence-electron chi connectivity index (χ4n) is 8.65. The number of benzene rings is 2. The van der Waals surface area contributed by atoms with E-state index >= 15 is 0 Å². The number of likely N-dealkylation sites (tertiary alicyclic amines) is 2. The standard InChI is InChI=1S/C34H47FN4O5S/c1-43-32(40)36-31-9-4-8-30(31)34(24-37-16-5-17-37,26-6-3-7-27(35)20-26)25-14-18-38(19-15-25)21-33(44-2)22-39(23-33)28-10-12-29(13-11-28)45(41)42/h3,6-7,10-13,20,25,30-31H,4-5,8-9,14-19,21-24H2,1-2H3,(H,36,40)(H,41,42)/p-1/t30-,31-,34-/m0/s1. The van der Waals surface area contributed by atoms with E-state index in [2.05, 4.69) is 26.1 Å². The van der Waals surface area contributed by atoms with Crippen LogP contribution in [-0.4, -0.2) is 103 Å². The molecule has 4 aliphatic rings. The number of alkyl carbamates (subject to hydrolysis) is 1. The molecule has 3 saturated heterocycles. The van der Waals surface area contributed by atoms with Crippen LogP contribution in [0.4, 0.5) is 14.9 Å². The van der Waals surface area contributed by atoms with Gasteiger partial charge in [-0.1, -0.05) is 18.6 Å². The summed E-state index contributed by atoms with van der Waals surface area (Å²) >= 11 is -2.23. The van der Waals surface area contributed by atoms with E-state index in [4.69, 9.17) is 9.47 Å². The van der Waals surface area contributed by atoms with Crippen LogP contribution in [0.2, 0.25) is 0 Å². The monoisotopic (exact) mass is 641 g/mol.